The lowest BCUT2D eigenvalue weighted by Crippen LogP contribution is -2.45. The Hall–Kier alpha value is -2.38. The number of benzene rings is 1. The van der Waals surface area contributed by atoms with Crippen LogP contribution in [-0.2, 0) is 11.3 Å². The minimum absolute atomic E-state index is 0.109. The third kappa shape index (κ3) is 4.54. The van der Waals surface area contributed by atoms with Gasteiger partial charge in [-0.1, -0.05) is 44.2 Å². The maximum Gasteiger partial charge on any atom is 0.284 e. The van der Waals surface area contributed by atoms with Crippen LogP contribution >= 0.6 is 11.6 Å². The lowest BCUT2D eigenvalue weighted by atomic mass is 10.1. The van der Waals surface area contributed by atoms with Crippen molar-refractivity contribution in [3.8, 4) is 5.75 Å². The van der Waals surface area contributed by atoms with E-state index in [4.69, 9.17) is 17.4 Å². The summed E-state index contributed by atoms with van der Waals surface area (Å²) < 4.78 is 1.32. The monoisotopic (exact) mass is 407 g/mol. The number of nitrogens with two attached hydrogens (primary N) is 1. The van der Waals surface area contributed by atoms with Crippen LogP contribution in [0.5, 0.6) is 5.75 Å². The van der Waals surface area contributed by atoms with Crippen molar-refractivity contribution in [2.24, 2.45) is 5.84 Å². The molecule has 0 bridgehead atoms. The Morgan fingerprint density at radius 2 is 1.86 bits per heavy atom. The Morgan fingerprint density at radius 1 is 1.18 bits per heavy atom. The molecular formula is C20H26ClN3O4. The second-order valence-electron chi connectivity index (χ2n) is 6.67. The number of aromatic nitrogens is 1. The maximum absolute atomic E-state index is 12.8. The number of imide groups is 1. The molecule has 28 heavy (non-hydrogen) atoms. The van der Waals surface area contributed by atoms with Gasteiger partial charge in [0.15, 0.2) is 0 Å². The Labute approximate surface area is 168 Å². The van der Waals surface area contributed by atoms with E-state index in [-0.39, 0.29) is 18.4 Å². The molecule has 1 aromatic heterocycles. The summed E-state index contributed by atoms with van der Waals surface area (Å²) in [4.78, 5) is 37.8. The first-order chi connectivity index (χ1) is 13.3. The first-order valence-electron chi connectivity index (χ1n) is 9.50. The van der Waals surface area contributed by atoms with Crippen LogP contribution in [0.2, 0.25) is 5.02 Å². The van der Waals surface area contributed by atoms with E-state index in [1.165, 1.54) is 16.7 Å². The molecule has 0 aliphatic rings. The molecule has 1 heterocycles. The number of nitrogens with zero attached hydrogens (tertiary/aromatic N) is 2. The molecule has 0 fully saturated rings. The molecule has 0 saturated heterocycles. The molecule has 3 N–H and O–H groups in total. The molecule has 0 radical (unpaired) electrons. The lowest BCUT2D eigenvalue weighted by molar-refractivity contribution is -0.129. The van der Waals surface area contributed by atoms with Gasteiger partial charge in [-0.05, 0) is 31.5 Å². The van der Waals surface area contributed by atoms with Crippen LogP contribution < -0.4 is 11.4 Å². The highest BCUT2D eigenvalue weighted by Gasteiger charge is 2.28. The topological polar surface area (TPSA) is 106 Å². The smallest absolute Gasteiger partial charge is 0.284 e. The van der Waals surface area contributed by atoms with Gasteiger partial charge in [-0.2, -0.15) is 0 Å². The van der Waals surface area contributed by atoms with Crippen LogP contribution in [0.1, 0.15) is 62.7 Å². The van der Waals surface area contributed by atoms with E-state index in [1.807, 2.05) is 0 Å². The standard InChI is InChI=1S/C20H26ClN3O4/c1-3-5-6-7-8-9-16(25)24(22)20(28)17-18(26)14-11-10-13(21)12-15(14)23(4-2)19(17)27/h10-12,26H,3-9,22H2,1-2H3. The first kappa shape index (κ1) is 21.9. The van der Waals surface area contributed by atoms with Crippen LogP contribution in [-0.4, -0.2) is 26.5 Å². The molecule has 0 unspecified atom stereocenters. The van der Waals surface area contributed by atoms with Crippen molar-refractivity contribution in [1.29, 1.82) is 0 Å². The molecule has 0 aliphatic carbocycles. The third-order valence-corrected chi connectivity index (χ3v) is 4.95. The number of halogens is 1. The van der Waals surface area contributed by atoms with Gasteiger partial charge >= 0.3 is 0 Å². The summed E-state index contributed by atoms with van der Waals surface area (Å²) in [5, 5.41) is 11.7. The molecule has 0 atom stereocenters. The van der Waals surface area contributed by atoms with Gasteiger partial charge in [0.25, 0.3) is 11.5 Å². The average Bonchev–Trinajstić information content (AvgIpc) is 2.67. The van der Waals surface area contributed by atoms with E-state index in [1.54, 1.807) is 13.0 Å². The fourth-order valence-electron chi connectivity index (χ4n) is 3.15. The van der Waals surface area contributed by atoms with E-state index >= 15 is 0 Å². The van der Waals surface area contributed by atoms with Crippen molar-refractivity contribution >= 4 is 34.3 Å². The number of amides is 2. The maximum atomic E-state index is 12.8. The highest BCUT2D eigenvalue weighted by Crippen LogP contribution is 2.29. The second kappa shape index (κ2) is 9.71. The van der Waals surface area contributed by atoms with Crippen LogP contribution in [0.4, 0.5) is 0 Å². The van der Waals surface area contributed by atoms with E-state index in [2.05, 4.69) is 6.92 Å². The minimum atomic E-state index is -1.01. The summed E-state index contributed by atoms with van der Waals surface area (Å²) in [5.74, 6) is 3.59. The van der Waals surface area contributed by atoms with Crippen molar-refractivity contribution in [1.82, 2.24) is 9.58 Å². The van der Waals surface area contributed by atoms with E-state index in [9.17, 15) is 19.5 Å². The van der Waals surface area contributed by atoms with Crippen molar-refractivity contribution in [2.75, 3.05) is 0 Å². The van der Waals surface area contributed by atoms with Crippen molar-refractivity contribution in [2.45, 2.75) is 58.9 Å². The molecule has 152 valence electrons. The normalized spacial score (nSPS) is 11.0. The van der Waals surface area contributed by atoms with E-state index in [0.717, 1.165) is 25.7 Å². The Balaban J connectivity index is 2.33. The Kier molecular flexibility index (Phi) is 7.60. The molecule has 0 spiro atoms. The van der Waals surface area contributed by atoms with Crippen molar-refractivity contribution in [3.05, 3.63) is 39.1 Å². The van der Waals surface area contributed by atoms with Gasteiger partial charge in [0.1, 0.15) is 11.3 Å². The third-order valence-electron chi connectivity index (χ3n) is 4.71. The first-order valence-corrected chi connectivity index (χ1v) is 9.88. The van der Waals surface area contributed by atoms with Crippen LogP contribution in [0.3, 0.4) is 0 Å². The van der Waals surface area contributed by atoms with Crippen molar-refractivity contribution in [3.63, 3.8) is 0 Å². The van der Waals surface area contributed by atoms with Crippen molar-refractivity contribution < 1.29 is 14.7 Å². The van der Waals surface area contributed by atoms with Gasteiger partial charge in [0.2, 0.25) is 5.91 Å². The largest absolute Gasteiger partial charge is 0.506 e. The van der Waals surface area contributed by atoms with Gasteiger partial charge in [0.05, 0.1) is 5.52 Å². The lowest BCUT2D eigenvalue weighted by Gasteiger charge is -2.18. The van der Waals surface area contributed by atoms with E-state index in [0.29, 0.717) is 22.0 Å². The summed E-state index contributed by atoms with van der Waals surface area (Å²) in [5.41, 5.74) is -0.829. The summed E-state index contributed by atoms with van der Waals surface area (Å²) in [6.45, 7) is 4.08. The van der Waals surface area contributed by atoms with Crippen LogP contribution in [0.25, 0.3) is 10.9 Å². The number of unbranched alkanes of at least 4 members (excludes halogenated alkanes) is 4. The predicted molar refractivity (Wildman–Crippen MR) is 109 cm³/mol. The fraction of sp³-hybridized carbons (Fsp3) is 0.450. The number of rotatable bonds is 8. The molecular weight excluding hydrogens is 382 g/mol. The molecule has 7 nitrogen and oxygen atoms in total. The highest BCUT2D eigenvalue weighted by atomic mass is 35.5. The van der Waals surface area contributed by atoms with Crippen LogP contribution in [0, 0.1) is 0 Å². The number of carbonyl (C=O) groups is 2. The Bertz CT molecular complexity index is 939. The number of carbonyl (C=O) groups excluding carboxylic acids is 2. The molecule has 2 aromatic rings. The summed E-state index contributed by atoms with van der Waals surface area (Å²) in [6, 6.07) is 4.60. The van der Waals surface area contributed by atoms with Crippen LogP contribution in [0.15, 0.2) is 23.0 Å². The van der Waals surface area contributed by atoms with Gasteiger partial charge in [-0.25, -0.2) is 10.9 Å². The molecule has 0 saturated carbocycles. The fourth-order valence-corrected chi connectivity index (χ4v) is 3.32. The quantitative estimate of drug-likeness (QED) is 0.301. The zero-order valence-corrected chi connectivity index (χ0v) is 17.0. The zero-order chi connectivity index (χ0) is 20.8. The summed E-state index contributed by atoms with van der Waals surface area (Å²) >= 11 is 5.99. The SMILES string of the molecule is CCCCCCCC(=O)N(N)C(=O)c1c(O)c2ccc(Cl)cc2n(CC)c1=O. The van der Waals surface area contributed by atoms with Gasteiger partial charge in [-0.3, -0.25) is 14.4 Å². The number of hydrogen-bond acceptors (Lipinski definition) is 5. The molecule has 2 amide bonds. The molecule has 2 rings (SSSR count). The minimum Gasteiger partial charge on any atom is -0.506 e. The average molecular weight is 408 g/mol. The number of aryl methyl sites for hydroxylation is 1. The van der Waals surface area contributed by atoms with E-state index < -0.39 is 28.7 Å². The molecule has 0 aliphatic heterocycles. The number of fused-ring (bicyclic) bond motifs is 1. The van der Waals surface area contributed by atoms with Gasteiger partial charge < -0.3 is 9.67 Å². The molecule has 8 heteroatoms. The summed E-state index contributed by atoms with van der Waals surface area (Å²) in [6.07, 6.45) is 4.78. The number of pyridine rings is 1. The second-order valence-corrected chi connectivity index (χ2v) is 7.10. The summed E-state index contributed by atoms with van der Waals surface area (Å²) in [7, 11) is 0. The predicted octanol–water partition coefficient (Wildman–Crippen LogP) is 3.58. The van der Waals surface area contributed by atoms with Gasteiger partial charge in [0, 0.05) is 23.4 Å². The zero-order valence-electron chi connectivity index (χ0n) is 16.2. The highest BCUT2D eigenvalue weighted by molar-refractivity contribution is 6.31. The number of hydrazine groups is 1. The number of hydrogen-bond donors (Lipinski definition) is 2. The van der Waals surface area contributed by atoms with Gasteiger partial charge in [-0.15, -0.1) is 0 Å². The number of aromatic hydroxyl groups is 1. The molecule has 1 aromatic carbocycles. The Morgan fingerprint density at radius 3 is 2.50 bits per heavy atom.